The van der Waals surface area contributed by atoms with Crippen LogP contribution in [0.5, 0.6) is 5.75 Å². The van der Waals surface area contributed by atoms with Crippen LogP contribution in [0.1, 0.15) is 36.5 Å². The summed E-state index contributed by atoms with van der Waals surface area (Å²) in [6.07, 6.45) is -1.09. The lowest BCUT2D eigenvalue weighted by atomic mass is 9.75. The van der Waals surface area contributed by atoms with Crippen LogP contribution >= 0.6 is 0 Å². The van der Waals surface area contributed by atoms with Crippen molar-refractivity contribution in [3.63, 3.8) is 0 Å². The number of rotatable bonds is 9. The molecular weight excluding hydrogens is 463 g/mol. The minimum atomic E-state index is -4.61. The van der Waals surface area contributed by atoms with Crippen LogP contribution in [0.4, 0.5) is 18.9 Å². The minimum Gasteiger partial charge on any atom is -0.489 e. The molecule has 8 nitrogen and oxygen atoms in total. The Morgan fingerprint density at radius 2 is 2.00 bits per heavy atom. The first kappa shape index (κ1) is 24.9. The van der Waals surface area contributed by atoms with Gasteiger partial charge in [0.25, 0.3) is 0 Å². The van der Waals surface area contributed by atoms with Gasteiger partial charge in [0.15, 0.2) is 0 Å². The van der Waals surface area contributed by atoms with Crippen LogP contribution in [0.3, 0.4) is 0 Å². The Labute approximate surface area is 201 Å². The van der Waals surface area contributed by atoms with Crippen molar-refractivity contribution in [2.24, 2.45) is 7.05 Å². The van der Waals surface area contributed by atoms with Crippen LogP contribution < -0.4 is 10.1 Å². The molecule has 0 unspecified atom stereocenters. The maximum atomic E-state index is 13.7. The second kappa shape index (κ2) is 9.46. The van der Waals surface area contributed by atoms with Crippen molar-refractivity contribution in [1.82, 2.24) is 19.7 Å². The molecule has 0 bridgehead atoms. The maximum absolute atomic E-state index is 13.7. The molecular formula is C24H28F3N5O3. The fraction of sp³-hybridized carbons (Fsp3) is 0.458. The van der Waals surface area contributed by atoms with Gasteiger partial charge in [-0.1, -0.05) is 12.1 Å². The number of benzene rings is 1. The number of ether oxygens (including phenoxy) is 2. The lowest BCUT2D eigenvalue weighted by Gasteiger charge is -2.41. The molecule has 188 valence electrons. The van der Waals surface area contributed by atoms with Crippen molar-refractivity contribution in [1.29, 1.82) is 0 Å². The Morgan fingerprint density at radius 1 is 1.23 bits per heavy atom. The molecule has 1 aliphatic heterocycles. The third kappa shape index (κ3) is 5.91. The van der Waals surface area contributed by atoms with Crippen LogP contribution in [0.15, 0.2) is 42.9 Å². The van der Waals surface area contributed by atoms with Gasteiger partial charge in [0.1, 0.15) is 24.5 Å². The molecule has 3 heterocycles. The summed E-state index contributed by atoms with van der Waals surface area (Å²) < 4.78 is 53.8. The minimum absolute atomic E-state index is 0.0547. The summed E-state index contributed by atoms with van der Waals surface area (Å²) >= 11 is 0. The zero-order valence-electron chi connectivity index (χ0n) is 19.8. The Balaban J connectivity index is 1.51. The second-order valence-electron chi connectivity index (χ2n) is 9.51. The number of nitrogens with zero attached hydrogens (tertiary/aromatic N) is 4. The van der Waals surface area contributed by atoms with E-state index in [-0.39, 0.29) is 30.0 Å². The fourth-order valence-corrected chi connectivity index (χ4v) is 3.83. The molecule has 11 heteroatoms. The van der Waals surface area contributed by atoms with E-state index in [1.54, 1.807) is 12.4 Å². The molecule has 0 radical (unpaired) electrons. The number of aliphatic hydroxyl groups is 1. The Hall–Kier alpha value is -3.18. The lowest BCUT2D eigenvalue weighted by molar-refractivity contribution is -0.138. The lowest BCUT2D eigenvalue weighted by Crippen LogP contribution is -2.49. The molecule has 2 N–H and O–H groups in total. The zero-order valence-corrected chi connectivity index (χ0v) is 19.8. The first-order valence-electron chi connectivity index (χ1n) is 11.1. The van der Waals surface area contributed by atoms with Gasteiger partial charge in [0, 0.05) is 24.6 Å². The predicted molar refractivity (Wildman–Crippen MR) is 122 cm³/mol. The number of nitrogens with one attached hydrogen (secondary N) is 1. The van der Waals surface area contributed by atoms with E-state index in [4.69, 9.17) is 9.47 Å². The van der Waals surface area contributed by atoms with E-state index in [0.717, 1.165) is 17.5 Å². The van der Waals surface area contributed by atoms with Gasteiger partial charge < -0.3 is 24.5 Å². The smallest absolute Gasteiger partial charge is 0.418 e. The van der Waals surface area contributed by atoms with Crippen LogP contribution in [0.25, 0.3) is 0 Å². The highest BCUT2D eigenvalue weighted by atomic mass is 19.4. The Kier molecular flexibility index (Phi) is 6.74. The molecule has 0 saturated carbocycles. The number of hydrogen-bond acceptors (Lipinski definition) is 7. The number of aromatic nitrogens is 4. The maximum Gasteiger partial charge on any atom is 0.418 e. The van der Waals surface area contributed by atoms with Crippen molar-refractivity contribution in [2.75, 3.05) is 25.1 Å². The van der Waals surface area contributed by atoms with Crippen LogP contribution in [-0.2, 0) is 36.3 Å². The second-order valence-corrected chi connectivity index (χ2v) is 9.51. The van der Waals surface area contributed by atoms with E-state index < -0.39 is 17.3 Å². The molecule has 4 rings (SSSR count). The monoisotopic (exact) mass is 491 g/mol. The summed E-state index contributed by atoms with van der Waals surface area (Å²) in [5, 5.41) is 20.9. The van der Waals surface area contributed by atoms with Gasteiger partial charge in [-0.2, -0.15) is 13.2 Å². The first-order valence-corrected chi connectivity index (χ1v) is 11.1. The van der Waals surface area contributed by atoms with Crippen molar-refractivity contribution < 1.29 is 27.8 Å². The average Bonchev–Trinajstić information content (AvgIpc) is 3.17. The number of hydrogen-bond donors (Lipinski definition) is 2. The molecule has 3 aromatic rings. The fourth-order valence-electron chi connectivity index (χ4n) is 3.83. The number of anilines is 1. The third-order valence-electron chi connectivity index (χ3n) is 5.84. The molecule has 1 saturated heterocycles. The summed E-state index contributed by atoms with van der Waals surface area (Å²) in [7, 11) is 1.88. The van der Waals surface area contributed by atoms with E-state index in [1.807, 2.05) is 29.8 Å². The van der Waals surface area contributed by atoms with E-state index >= 15 is 0 Å². The van der Waals surface area contributed by atoms with E-state index in [0.29, 0.717) is 25.3 Å². The van der Waals surface area contributed by atoms with Crippen LogP contribution in [-0.4, -0.2) is 50.3 Å². The highest BCUT2D eigenvalue weighted by molar-refractivity contribution is 5.49. The summed E-state index contributed by atoms with van der Waals surface area (Å²) in [5.74, 6) is 0.776. The highest BCUT2D eigenvalue weighted by Crippen LogP contribution is 2.37. The molecule has 0 atom stereocenters. The summed E-state index contributed by atoms with van der Waals surface area (Å²) in [6.45, 7) is 3.77. The Morgan fingerprint density at radius 3 is 2.60 bits per heavy atom. The molecule has 35 heavy (non-hydrogen) atoms. The predicted octanol–water partition coefficient (Wildman–Crippen LogP) is 3.50. The third-order valence-corrected chi connectivity index (χ3v) is 5.84. The van der Waals surface area contributed by atoms with Crippen molar-refractivity contribution in [3.8, 4) is 5.75 Å². The van der Waals surface area contributed by atoms with Crippen molar-refractivity contribution in [3.05, 3.63) is 65.5 Å². The van der Waals surface area contributed by atoms with Crippen molar-refractivity contribution in [2.45, 2.75) is 44.0 Å². The quantitative estimate of drug-likeness (QED) is 0.473. The van der Waals surface area contributed by atoms with Crippen LogP contribution in [0.2, 0.25) is 0 Å². The topological polar surface area (TPSA) is 94.3 Å². The van der Waals surface area contributed by atoms with Gasteiger partial charge >= 0.3 is 6.18 Å². The summed E-state index contributed by atoms with van der Waals surface area (Å²) in [5.41, 5.74) is -0.813. The molecule has 1 aromatic carbocycles. The van der Waals surface area contributed by atoms with E-state index in [1.165, 1.54) is 20.0 Å². The number of aryl methyl sites for hydroxylation is 1. The number of halogens is 3. The summed E-state index contributed by atoms with van der Waals surface area (Å²) in [6, 6.07) is 8.48. The average molecular weight is 492 g/mol. The van der Waals surface area contributed by atoms with Gasteiger partial charge in [-0.05, 0) is 37.6 Å². The Bertz CT molecular complexity index is 1170. The van der Waals surface area contributed by atoms with Crippen molar-refractivity contribution >= 4 is 5.69 Å². The van der Waals surface area contributed by atoms with E-state index in [2.05, 4.69) is 20.5 Å². The standard InChI is InChI=1S/C24H28F3N5O3/c1-22(2,33)12-35-18-8-19(24(25,26)27)20(29-10-18)11-28-17-6-4-5-16(7-17)23(13-34-14-23)9-21-31-30-15-32(21)3/h4-8,10,15,28,33H,9,11-14H2,1-3H3. The largest absolute Gasteiger partial charge is 0.489 e. The molecule has 0 aliphatic carbocycles. The van der Waals surface area contributed by atoms with Gasteiger partial charge in [0.05, 0.1) is 42.8 Å². The van der Waals surface area contributed by atoms with Gasteiger partial charge in [-0.3, -0.25) is 4.98 Å². The number of alkyl halides is 3. The number of pyridine rings is 1. The molecule has 2 aromatic heterocycles. The first-order chi connectivity index (χ1) is 16.5. The highest BCUT2D eigenvalue weighted by Gasteiger charge is 2.42. The molecule has 1 aliphatic rings. The molecule has 0 spiro atoms. The zero-order chi connectivity index (χ0) is 25.3. The SMILES string of the molecule is Cn1cnnc1CC1(c2cccc(NCc3ncc(OCC(C)(C)O)cc3C(F)(F)F)c2)COC1. The van der Waals surface area contributed by atoms with Gasteiger partial charge in [-0.25, -0.2) is 0 Å². The van der Waals surface area contributed by atoms with Gasteiger partial charge in [0.2, 0.25) is 0 Å². The van der Waals surface area contributed by atoms with Gasteiger partial charge in [-0.15, -0.1) is 10.2 Å². The normalized spacial score (nSPS) is 15.5. The van der Waals surface area contributed by atoms with E-state index in [9.17, 15) is 18.3 Å². The molecule has 1 fully saturated rings. The van der Waals surface area contributed by atoms with Crippen LogP contribution in [0, 0.1) is 0 Å². The summed E-state index contributed by atoms with van der Waals surface area (Å²) in [4.78, 5) is 3.99. The molecule has 0 amide bonds.